The molecular formula is C15H22O. The minimum atomic E-state index is 0.355. The molecule has 0 aliphatic rings. The lowest BCUT2D eigenvalue weighted by atomic mass is 10.0. The van der Waals surface area contributed by atoms with Crippen molar-refractivity contribution in [2.75, 3.05) is 0 Å². The number of aryl methyl sites for hydroxylation is 1. The first kappa shape index (κ1) is 12.8. The number of benzene rings is 1. The van der Waals surface area contributed by atoms with Gasteiger partial charge in [-0.2, -0.15) is 0 Å². The summed E-state index contributed by atoms with van der Waals surface area (Å²) in [4.78, 5) is 0. The monoisotopic (exact) mass is 218 g/mol. The standard InChI is InChI=1S/C15H22O/c1-2-3-4-5-6-7-8-9-14-10-12-15(16)13-11-14/h2,10-13,16H,1,3-9H2. The smallest absolute Gasteiger partial charge is 0.115 e. The van der Waals surface area contributed by atoms with Crippen LogP contribution < -0.4 is 0 Å². The zero-order valence-corrected chi connectivity index (χ0v) is 9.99. The van der Waals surface area contributed by atoms with Gasteiger partial charge in [0.05, 0.1) is 0 Å². The van der Waals surface area contributed by atoms with E-state index >= 15 is 0 Å². The van der Waals surface area contributed by atoms with Gasteiger partial charge in [-0.15, -0.1) is 6.58 Å². The number of phenolic OH excluding ortho intramolecular Hbond substituents is 1. The van der Waals surface area contributed by atoms with Crippen molar-refractivity contribution in [2.45, 2.75) is 44.9 Å². The summed E-state index contributed by atoms with van der Waals surface area (Å²) < 4.78 is 0. The fraction of sp³-hybridized carbons (Fsp3) is 0.467. The normalized spacial score (nSPS) is 10.2. The largest absolute Gasteiger partial charge is 0.508 e. The Hall–Kier alpha value is -1.24. The quantitative estimate of drug-likeness (QED) is 0.504. The predicted molar refractivity (Wildman–Crippen MR) is 69.7 cm³/mol. The van der Waals surface area contributed by atoms with E-state index in [1.807, 2.05) is 18.2 Å². The SMILES string of the molecule is C=CCCCCCCCc1ccc(O)cc1. The van der Waals surface area contributed by atoms with Crippen molar-refractivity contribution in [1.29, 1.82) is 0 Å². The van der Waals surface area contributed by atoms with Gasteiger partial charge in [0, 0.05) is 0 Å². The summed E-state index contributed by atoms with van der Waals surface area (Å²) >= 11 is 0. The molecule has 1 aromatic carbocycles. The fourth-order valence-electron chi connectivity index (χ4n) is 1.81. The first-order valence-electron chi connectivity index (χ1n) is 6.22. The van der Waals surface area contributed by atoms with Gasteiger partial charge in [0.15, 0.2) is 0 Å². The topological polar surface area (TPSA) is 20.2 Å². The number of rotatable bonds is 8. The molecule has 16 heavy (non-hydrogen) atoms. The van der Waals surface area contributed by atoms with Gasteiger partial charge in [0.2, 0.25) is 0 Å². The Morgan fingerprint density at radius 3 is 2.25 bits per heavy atom. The summed E-state index contributed by atoms with van der Waals surface area (Å²) in [5.74, 6) is 0.355. The number of allylic oxidation sites excluding steroid dienone is 1. The lowest BCUT2D eigenvalue weighted by Gasteiger charge is -2.02. The van der Waals surface area contributed by atoms with Crippen LogP contribution >= 0.6 is 0 Å². The molecule has 1 aromatic rings. The lowest BCUT2D eigenvalue weighted by molar-refractivity contribution is 0.475. The van der Waals surface area contributed by atoms with Gasteiger partial charge >= 0.3 is 0 Å². The maximum absolute atomic E-state index is 9.14. The molecule has 1 N–H and O–H groups in total. The van der Waals surface area contributed by atoms with Gasteiger partial charge in [-0.1, -0.05) is 37.5 Å². The molecule has 0 atom stereocenters. The van der Waals surface area contributed by atoms with Gasteiger partial charge in [0.25, 0.3) is 0 Å². The third-order valence-corrected chi connectivity index (χ3v) is 2.81. The van der Waals surface area contributed by atoms with Crippen LogP contribution in [0.1, 0.15) is 44.1 Å². The van der Waals surface area contributed by atoms with E-state index in [9.17, 15) is 0 Å². The molecule has 0 saturated carbocycles. The van der Waals surface area contributed by atoms with Crippen molar-refractivity contribution < 1.29 is 5.11 Å². The Balaban J connectivity index is 2.02. The van der Waals surface area contributed by atoms with Crippen LogP contribution in [0, 0.1) is 0 Å². The number of unbranched alkanes of at least 4 members (excludes halogenated alkanes) is 5. The molecule has 1 rings (SSSR count). The summed E-state index contributed by atoms with van der Waals surface area (Å²) in [6.07, 6.45) is 10.8. The lowest BCUT2D eigenvalue weighted by Crippen LogP contribution is -1.85. The molecule has 0 amide bonds. The first-order chi connectivity index (χ1) is 7.83. The number of aromatic hydroxyl groups is 1. The summed E-state index contributed by atoms with van der Waals surface area (Å²) in [5.41, 5.74) is 1.32. The molecule has 0 saturated heterocycles. The van der Waals surface area contributed by atoms with E-state index in [1.54, 1.807) is 12.1 Å². The second-order valence-electron chi connectivity index (χ2n) is 4.26. The number of hydrogen-bond acceptors (Lipinski definition) is 1. The van der Waals surface area contributed by atoms with Crippen LogP contribution in [0.25, 0.3) is 0 Å². The molecule has 0 aromatic heterocycles. The highest BCUT2D eigenvalue weighted by Crippen LogP contribution is 2.13. The molecular weight excluding hydrogens is 196 g/mol. The van der Waals surface area contributed by atoms with Crippen LogP contribution in [0.3, 0.4) is 0 Å². The maximum Gasteiger partial charge on any atom is 0.115 e. The van der Waals surface area contributed by atoms with Gasteiger partial charge < -0.3 is 5.11 Å². The van der Waals surface area contributed by atoms with Crippen molar-refractivity contribution in [3.8, 4) is 5.75 Å². The summed E-state index contributed by atoms with van der Waals surface area (Å²) in [6.45, 7) is 3.72. The predicted octanol–water partition coefficient (Wildman–Crippen LogP) is 4.46. The van der Waals surface area contributed by atoms with Crippen LogP contribution in [-0.4, -0.2) is 5.11 Å². The van der Waals surface area contributed by atoms with E-state index in [2.05, 4.69) is 6.58 Å². The van der Waals surface area contributed by atoms with Crippen LogP contribution in [0.2, 0.25) is 0 Å². The maximum atomic E-state index is 9.14. The molecule has 0 heterocycles. The van der Waals surface area contributed by atoms with E-state index in [0.29, 0.717) is 5.75 Å². The highest BCUT2D eigenvalue weighted by Gasteiger charge is 1.94. The third kappa shape index (κ3) is 5.59. The van der Waals surface area contributed by atoms with Gasteiger partial charge in [-0.25, -0.2) is 0 Å². The van der Waals surface area contributed by atoms with Crippen LogP contribution in [0.15, 0.2) is 36.9 Å². The highest BCUT2D eigenvalue weighted by atomic mass is 16.3. The van der Waals surface area contributed by atoms with E-state index in [4.69, 9.17) is 5.11 Å². The van der Waals surface area contributed by atoms with Crippen molar-refractivity contribution in [3.05, 3.63) is 42.5 Å². The molecule has 0 unspecified atom stereocenters. The average Bonchev–Trinajstić information content (AvgIpc) is 2.30. The van der Waals surface area contributed by atoms with E-state index < -0.39 is 0 Å². The number of hydrogen-bond donors (Lipinski definition) is 1. The minimum Gasteiger partial charge on any atom is -0.508 e. The molecule has 0 bridgehead atoms. The Morgan fingerprint density at radius 1 is 0.938 bits per heavy atom. The second-order valence-corrected chi connectivity index (χ2v) is 4.26. The van der Waals surface area contributed by atoms with Gasteiger partial charge in [-0.05, 0) is 43.4 Å². The zero-order chi connectivity index (χ0) is 11.6. The van der Waals surface area contributed by atoms with Crippen LogP contribution in [0.5, 0.6) is 5.75 Å². The first-order valence-corrected chi connectivity index (χ1v) is 6.22. The summed E-state index contributed by atoms with van der Waals surface area (Å²) in [6, 6.07) is 7.54. The van der Waals surface area contributed by atoms with Gasteiger partial charge in [0.1, 0.15) is 5.75 Å². The molecule has 0 spiro atoms. The fourth-order valence-corrected chi connectivity index (χ4v) is 1.81. The summed E-state index contributed by atoms with van der Waals surface area (Å²) in [5, 5.41) is 9.14. The Bertz CT molecular complexity index is 287. The molecule has 0 radical (unpaired) electrons. The minimum absolute atomic E-state index is 0.355. The Kier molecular flexibility index (Phi) is 6.39. The molecule has 0 aliphatic carbocycles. The van der Waals surface area contributed by atoms with Crippen LogP contribution in [-0.2, 0) is 6.42 Å². The molecule has 1 nitrogen and oxygen atoms in total. The second kappa shape index (κ2) is 7.98. The van der Waals surface area contributed by atoms with Gasteiger partial charge in [-0.3, -0.25) is 0 Å². The highest BCUT2D eigenvalue weighted by molar-refractivity contribution is 5.25. The summed E-state index contributed by atoms with van der Waals surface area (Å²) in [7, 11) is 0. The van der Waals surface area contributed by atoms with Crippen molar-refractivity contribution >= 4 is 0 Å². The Labute approximate surface area is 98.8 Å². The van der Waals surface area contributed by atoms with E-state index in [1.165, 1.54) is 37.7 Å². The van der Waals surface area contributed by atoms with Crippen molar-refractivity contribution in [3.63, 3.8) is 0 Å². The molecule has 88 valence electrons. The van der Waals surface area contributed by atoms with Crippen LogP contribution in [0.4, 0.5) is 0 Å². The molecule has 1 heteroatoms. The molecule has 0 aliphatic heterocycles. The van der Waals surface area contributed by atoms with Crippen molar-refractivity contribution in [1.82, 2.24) is 0 Å². The zero-order valence-electron chi connectivity index (χ0n) is 9.99. The Morgan fingerprint density at radius 2 is 1.56 bits per heavy atom. The van der Waals surface area contributed by atoms with Crippen molar-refractivity contribution in [2.24, 2.45) is 0 Å². The van der Waals surface area contributed by atoms with E-state index in [0.717, 1.165) is 12.8 Å². The van der Waals surface area contributed by atoms with E-state index in [-0.39, 0.29) is 0 Å². The number of phenols is 1. The molecule has 0 fully saturated rings. The average molecular weight is 218 g/mol. The third-order valence-electron chi connectivity index (χ3n) is 2.81.